The molecule has 0 heterocycles. The SMILES string of the molecule is CC(NCCN(C(=O)OC(C)(C)C)C(C)C)C1CCCC1. The minimum Gasteiger partial charge on any atom is -0.444 e. The van der Waals surface area contributed by atoms with E-state index in [0.717, 1.165) is 12.5 Å². The minimum absolute atomic E-state index is 0.156. The Morgan fingerprint density at radius 3 is 2.29 bits per heavy atom. The van der Waals surface area contributed by atoms with Crippen LogP contribution in [0.5, 0.6) is 0 Å². The predicted molar refractivity (Wildman–Crippen MR) is 87.5 cm³/mol. The third-order valence-corrected chi connectivity index (χ3v) is 4.18. The Balaban J connectivity index is 2.38. The van der Waals surface area contributed by atoms with E-state index in [1.165, 1.54) is 25.7 Å². The topological polar surface area (TPSA) is 41.6 Å². The molecule has 1 aliphatic carbocycles. The maximum atomic E-state index is 12.2. The Kier molecular flexibility index (Phi) is 6.98. The van der Waals surface area contributed by atoms with Crippen LogP contribution in [0.25, 0.3) is 0 Å². The lowest BCUT2D eigenvalue weighted by molar-refractivity contribution is 0.0191. The van der Waals surface area contributed by atoms with Gasteiger partial charge >= 0.3 is 6.09 Å². The zero-order valence-corrected chi connectivity index (χ0v) is 14.7. The van der Waals surface area contributed by atoms with Crippen LogP contribution in [0.15, 0.2) is 0 Å². The van der Waals surface area contributed by atoms with Gasteiger partial charge in [0, 0.05) is 25.2 Å². The summed E-state index contributed by atoms with van der Waals surface area (Å²) in [5.41, 5.74) is -0.436. The standard InChI is InChI=1S/C17H34N2O2/c1-13(2)19(16(20)21-17(4,5)6)12-11-18-14(3)15-9-7-8-10-15/h13-15,18H,7-12H2,1-6H3. The third-order valence-electron chi connectivity index (χ3n) is 4.18. The Morgan fingerprint density at radius 1 is 1.24 bits per heavy atom. The highest BCUT2D eigenvalue weighted by molar-refractivity contribution is 5.68. The molecule has 21 heavy (non-hydrogen) atoms. The van der Waals surface area contributed by atoms with E-state index in [0.29, 0.717) is 12.6 Å². The van der Waals surface area contributed by atoms with Gasteiger partial charge in [0.1, 0.15) is 5.60 Å². The fourth-order valence-electron chi connectivity index (χ4n) is 2.92. The van der Waals surface area contributed by atoms with E-state index in [4.69, 9.17) is 4.74 Å². The Bertz CT molecular complexity index is 317. The average molecular weight is 298 g/mol. The Hall–Kier alpha value is -0.770. The lowest BCUT2D eigenvalue weighted by Crippen LogP contribution is -2.45. The van der Waals surface area contributed by atoms with Gasteiger partial charge in [0.15, 0.2) is 0 Å². The van der Waals surface area contributed by atoms with E-state index in [1.54, 1.807) is 4.90 Å². The summed E-state index contributed by atoms with van der Waals surface area (Å²) in [4.78, 5) is 14.0. The number of nitrogens with one attached hydrogen (secondary N) is 1. The Morgan fingerprint density at radius 2 is 1.81 bits per heavy atom. The summed E-state index contributed by atoms with van der Waals surface area (Å²) in [5.74, 6) is 0.805. The molecule has 1 N–H and O–H groups in total. The van der Waals surface area contributed by atoms with Crippen LogP contribution in [-0.4, -0.2) is 41.8 Å². The number of nitrogens with zero attached hydrogens (tertiary/aromatic N) is 1. The fraction of sp³-hybridized carbons (Fsp3) is 0.941. The molecule has 4 heteroatoms. The van der Waals surface area contributed by atoms with Crippen molar-refractivity contribution in [1.29, 1.82) is 0 Å². The molecule has 0 saturated heterocycles. The summed E-state index contributed by atoms with van der Waals surface area (Å²) in [5, 5.41) is 3.58. The summed E-state index contributed by atoms with van der Waals surface area (Å²) in [6.07, 6.45) is 5.20. The highest BCUT2D eigenvalue weighted by Gasteiger charge is 2.25. The van der Waals surface area contributed by atoms with Crippen molar-refractivity contribution in [3.05, 3.63) is 0 Å². The molecule has 0 spiro atoms. The zero-order chi connectivity index (χ0) is 16.0. The van der Waals surface area contributed by atoms with Crippen molar-refractivity contribution in [3.63, 3.8) is 0 Å². The molecule has 1 unspecified atom stereocenters. The van der Waals surface area contributed by atoms with Gasteiger partial charge in [-0.2, -0.15) is 0 Å². The smallest absolute Gasteiger partial charge is 0.410 e. The number of hydrogen-bond donors (Lipinski definition) is 1. The van der Waals surface area contributed by atoms with Gasteiger partial charge in [-0.3, -0.25) is 0 Å². The highest BCUT2D eigenvalue weighted by Crippen LogP contribution is 2.27. The number of hydrogen-bond acceptors (Lipinski definition) is 3. The molecule has 1 amide bonds. The average Bonchev–Trinajstić information content (AvgIpc) is 2.85. The molecule has 124 valence electrons. The van der Waals surface area contributed by atoms with Crippen molar-refractivity contribution in [2.75, 3.05) is 13.1 Å². The number of carbonyl (C=O) groups excluding carboxylic acids is 1. The van der Waals surface area contributed by atoms with Gasteiger partial charge in [0.2, 0.25) is 0 Å². The first-order valence-electron chi connectivity index (χ1n) is 8.43. The number of ether oxygens (including phenoxy) is 1. The molecule has 1 atom stereocenters. The first-order chi connectivity index (χ1) is 9.70. The highest BCUT2D eigenvalue weighted by atomic mass is 16.6. The monoisotopic (exact) mass is 298 g/mol. The molecule has 1 aliphatic rings. The van der Waals surface area contributed by atoms with Crippen LogP contribution >= 0.6 is 0 Å². The maximum absolute atomic E-state index is 12.2. The van der Waals surface area contributed by atoms with E-state index in [2.05, 4.69) is 12.2 Å². The molecule has 0 aromatic heterocycles. The van der Waals surface area contributed by atoms with Gasteiger partial charge < -0.3 is 15.0 Å². The largest absolute Gasteiger partial charge is 0.444 e. The van der Waals surface area contributed by atoms with Gasteiger partial charge in [-0.15, -0.1) is 0 Å². The number of carbonyl (C=O) groups is 1. The van der Waals surface area contributed by atoms with Gasteiger partial charge in [-0.1, -0.05) is 12.8 Å². The summed E-state index contributed by atoms with van der Waals surface area (Å²) in [7, 11) is 0. The van der Waals surface area contributed by atoms with Crippen LogP contribution in [0.1, 0.15) is 67.2 Å². The normalized spacial score (nSPS) is 18.0. The number of rotatable bonds is 6. The summed E-state index contributed by atoms with van der Waals surface area (Å²) in [6.45, 7) is 13.6. The molecule has 4 nitrogen and oxygen atoms in total. The van der Waals surface area contributed by atoms with Crippen molar-refractivity contribution in [3.8, 4) is 0 Å². The lowest BCUT2D eigenvalue weighted by Gasteiger charge is -2.31. The molecule has 1 rings (SSSR count). The molecular formula is C17H34N2O2. The molecular weight excluding hydrogens is 264 g/mol. The molecule has 0 aliphatic heterocycles. The summed E-state index contributed by atoms with van der Waals surface area (Å²) in [6, 6.07) is 0.698. The van der Waals surface area contributed by atoms with Crippen molar-refractivity contribution in [2.24, 2.45) is 5.92 Å². The fourth-order valence-corrected chi connectivity index (χ4v) is 2.92. The first-order valence-corrected chi connectivity index (χ1v) is 8.43. The summed E-state index contributed by atoms with van der Waals surface area (Å²) < 4.78 is 5.48. The summed E-state index contributed by atoms with van der Waals surface area (Å²) >= 11 is 0. The molecule has 0 radical (unpaired) electrons. The molecule has 0 bridgehead atoms. The van der Waals surface area contributed by atoms with Crippen LogP contribution in [0.3, 0.4) is 0 Å². The molecule has 1 fully saturated rings. The van der Waals surface area contributed by atoms with Gasteiger partial charge in [-0.05, 0) is 60.3 Å². The van der Waals surface area contributed by atoms with Gasteiger partial charge in [0.05, 0.1) is 0 Å². The maximum Gasteiger partial charge on any atom is 0.410 e. The van der Waals surface area contributed by atoms with E-state index in [-0.39, 0.29) is 12.1 Å². The van der Waals surface area contributed by atoms with Crippen molar-refractivity contribution in [2.45, 2.75) is 84.9 Å². The molecule has 0 aromatic rings. The van der Waals surface area contributed by atoms with Gasteiger partial charge in [-0.25, -0.2) is 4.79 Å². The van der Waals surface area contributed by atoms with Gasteiger partial charge in [0.25, 0.3) is 0 Å². The number of amides is 1. The zero-order valence-electron chi connectivity index (χ0n) is 14.7. The third kappa shape index (κ3) is 6.68. The van der Waals surface area contributed by atoms with E-state index in [1.807, 2.05) is 34.6 Å². The van der Waals surface area contributed by atoms with Crippen LogP contribution in [0, 0.1) is 5.92 Å². The van der Waals surface area contributed by atoms with Crippen molar-refractivity contribution in [1.82, 2.24) is 10.2 Å². The van der Waals surface area contributed by atoms with Crippen LogP contribution in [0.4, 0.5) is 4.79 Å². The predicted octanol–water partition coefficient (Wildman–Crippen LogP) is 3.80. The van der Waals surface area contributed by atoms with Crippen LogP contribution in [0.2, 0.25) is 0 Å². The first kappa shape index (κ1) is 18.3. The van der Waals surface area contributed by atoms with E-state index < -0.39 is 5.60 Å². The molecule has 1 saturated carbocycles. The van der Waals surface area contributed by atoms with Crippen LogP contribution < -0.4 is 5.32 Å². The minimum atomic E-state index is -0.436. The van der Waals surface area contributed by atoms with E-state index >= 15 is 0 Å². The lowest BCUT2D eigenvalue weighted by atomic mass is 10.00. The van der Waals surface area contributed by atoms with Crippen LogP contribution in [-0.2, 0) is 4.74 Å². The Labute approximate surface area is 130 Å². The second kappa shape index (κ2) is 8.02. The van der Waals surface area contributed by atoms with E-state index in [9.17, 15) is 4.79 Å². The van der Waals surface area contributed by atoms with Crippen molar-refractivity contribution < 1.29 is 9.53 Å². The van der Waals surface area contributed by atoms with Crippen molar-refractivity contribution >= 4 is 6.09 Å². The quantitative estimate of drug-likeness (QED) is 0.811. The second-order valence-corrected chi connectivity index (χ2v) is 7.55. The second-order valence-electron chi connectivity index (χ2n) is 7.55. The molecule has 0 aromatic carbocycles.